The quantitative estimate of drug-likeness (QED) is 0.426. The zero-order valence-corrected chi connectivity index (χ0v) is 19.9. The normalized spacial score (nSPS) is 14.4. The number of rotatable bonds is 3. The van der Waals surface area contributed by atoms with Gasteiger partial charge in [-0.1, -0.05) is 41.1 Å². The Hall–Kier alpha value is -2.90. The molecule has 2 aromatic heterocycles. The smallest absolute Gasteiger partial charge is 0.254 e. The molecule has 0 spiro atoms. The molecule has 1 fully saturated rings. The van der Waals surface area contributed by atoms with Gasteiger partial charge in [-0.05, 0) is 50.6 Å². The molecule has 0 atom stereocenters. The number of carbonyl (C=O) groups excluding carboxylic acids is 1. The maximum atomic E-state index is 13.0. The van der Waals surface area contributed by atoms with Gasteiger partial charge in [-0.25, -0.2) is 9.67 Å². The molecule has 32 heavy (non-hydrogen) atoms. The van der Waals surface area contributed by atoms with E-state index in [1.54, 1.807) is 11.3 Å². The van der Waals surface area contributed by atoms with Gasteiger partial charge >= 0.3 is 0 Å². The minimum atomic E-state index is 0.0903. The van der Waals surface area contributed by atoms with E-state index >= 15 is 0 Å². The van der Waals surface area contributed by atoms with Crippen molar-refractivity contribution in [2.24, 2.45) is 0 Å². The fourth-order valence-corrected chi connectivity index (χ4v) is 5.53. The fourth-order valence-electron chi connectivity index (χ4n) is 4.27. The number of nitrogens with zero attached hydrogens (tertiary/aromatic N) is 5. The first-order valence-corrected chi connectivity index (χ1v) is 11.8. The molecule has 2 aromatic carbocycles. The lowest BCUT2D eigenvalue weighted by molar-refractivity contribution is 0.0746. The number of anilines is 1. The molecular formula is C24H24ClN5OS. The third kappa shape index (κ3) is 3.65. The van der Waals surface area contributed by atoms with Crippen LogP contribution < -0.4 is 4.90 Å². The van der Waals surface area contributed by atoms with Crippen molar-refractivity contribution in [3.05, 3.63) is 70.0 Å². The van der Waals surface area contributed by atoms with Gasteiger partial charge in [0.05, 0.1) is 21.1 Å². The average Bonchev–Trinajstić information content (AvgIpc) is 3.36. The molecule has 6 nitrogen and oxygen atoms in total. The van der Waals surface area contributed by atoms with E-state index in [0.29, 0.717) is 31.2 Å². The van der Waals surface area contributed by atoms with Gasteiger partial charge in [0, 0.05) is 37.4 Å². The highest BCUT2D eigenvalue weighted by Gasteiger charge is 2.26. The van der Waals surface area contributed by atoms with Crippen LogP contribution >= 0.6 is 22.9 Å². The van der Waals surface area contributed by atoms with Crippen molar-refractivity contribution in [1.29, 1.82) is 0 Å². The summed E-state index contributed by atoms with van der Waals surface area (Å²) in [6, 6.07) is 13.8. The molecule has 0 saturated carbocycles. The maximum absolute atomic E-state index is 13.0. The van der Waals surface area contributed by atoms with E-state index in [0.717, 1.165) is 43.6 Å². The molecule has 0 radical (unpaired) electrons. The second-order valence-corrected chi connectivity index (χ2v) is 9.59. The Bertz CT molecular complexity index is 1320. The highest BCUT2D eigenvalue weighted by molar-refractivity contribution is 7.20. The lowest BCUT2D eigenvalue weighted by Gasteiger charge is -2.36. The Morgan fingerprint density at radius 3 is 2.47 bits per heavy atom. The number of piperazine rings is 1. The zero-order valence-electron chi connectivity index (χ0n) is 18.3. The first kappa shape index (κ1) is 21.0. The summed E-state index contributed by atoms with van der Waals surface area (Å²) in [5.41, 5.74) is 5.63. The number of aryl methyl sites for hydroxylation is 3. The predicted molar refractivity (Wildman–Crippen MR) is 131 cm³/mol. The Kier molecular flexibility index (Phi) is 5.39. The monoisotopic (exact) mass is 465 g/mol. The summed E-state index contributed by atoms with van der Waals surface area (Å²) in [6.07, 6.45) is 0. The zero-order chi connectivity index (χ0) is 22.4. The number of aromatic nitrogens is 3. The van der Waals surface area contributed by atoms with Gasteiger partial charge in [-0.15, -0.1) is 0 Å². The summed E-state index contributed by atoms with van der Waals surface area (Å²) < 4.78 is 2.96. The van der Waals surface area contributed by atoms with Crippen molar-refractivity contribution in [3.8, 4) is 5.13 Å². The van der Waals surface area contributed by atoms with Crippen molar-refractivity contribution in [3.63, 3.8) is 0 Å². The van der Waals surface area contributed by atoms with Crippen molar-refractivity contribution >= 4 is 44.7 Å². The summed E-state index contributed by atoms with van der Waals surface area (Å²) in [6.45, 7) is 8.71. The Labute approximate surface area is 196 Å². The third-order valence-electron chi connectivity index (χ3n) is 5.92. The van der Waals surface area contributed by atoms with Gasteiger partial charge in [0.15, 0.2) is 0 Å². The van der Waals surface area contributed by atoms with Crippen molar-refractivity contribution in [2.45, 2.75) is 20.8 Å². The molecule has 0 aliphatic carbocycles. The summed E-state index contributed by atoms with van der Waals surface area (Å²) >= 11 is 8.27. The molecule has 0 N–H and O–H groups in total. The molecule has 3 heterocycles. The average molecular weight is 466 g/mol. The molecule has 8 heteroatoms. The lowest BCUT2D eigenvalue weighted by atomic mass is 10.1. The second kappa shape index (κ2) is 8.22. The number of carbonyl (C=O) groups is 1. The molecular weight excluding hydrogens is 442 g/mol. The molecule has 0 unspecified atom stereocenters. The van der Waals surface area contributed by atoms with E-state index < -0.39 is 0 Å². The largest absolute Gasteiger partial charge is 0.365 e. The molecule has 164 valence electrons. The van der Waals surface area contributed by atoms with Crippen LogP contribution in [0.4, 0.5) is 5.69 Å². The van der Waals surface area contributed by atoms with E-state index in [-0.39, 0.29) is 5.91 Å². The van der Waals surface area contributed by atoms with E-state index in [9.17, 15) is 4.79 Å². The first-order chi connectivity index (χ1) is 15.4. The maximum Gasteiger partial charge on any atom is 0.254 e. The lowest BCUT2D eigenvalue weighted by Crippen LogP contribution is -2.49. The number of thiazole rings is 1. The van der Waals surface area contributed by atoms with Crippen LogP contribution in [0.3, 0.4) is 0 Å². The molecule has 1 amide bonds. The summed E-state index contributed by atoms with van der Waals surface area (Å²) in [5, 5.41) is 6.10. The minimum Gasteiger partial charge on any atom is -0.365 e. The number of amides is 1. The minimum absolute atomic E-state index is 0.0903. The van der Waals surface area contributed by atoms with Crippen LogP contribution in [0.1, 0.15) is 27.3 Å². The van der Waals surface area contributed by atoms with Crippen LogP contribution in [0.15, 0.2) is 42.5 Å². The SMILES string of the molecule is Cc1cc(C)n(-c2nc3c(N4CCN(C(=O)c5ccccc5C)CC4)c(Cl)ccc3s2)n1. The van der Waals surface area contributed by atoms with Gasteiger partial charge in [0.25, 0.3) is 5.91 Å². The Balaban J connectivity index is 1.42. The summed E-state index contributed by atoms with van der Waals surface area (Å²) in [7, 11) is 0. The standard InChI is InChI=1S/C24H24ClN5OS/c1-15-6-4-5-7-18(15)23(31)29-12-10-28(11-13-29)22-19(25)8-9-20-21(22)26-24(32-20)30-17(3)14-16(2)27-30/h4-9,14H,10-13H2,1-3H3. The number of fused-ring (bicyclic) bond motifs is 1. The molecule has 1 saturated heterocycles. The number of hydrogen-bond acceptors (Lipinski definition) is 5. The molecule has 0 bridgehead atoms. The number of hydrogen-bond donors (Lipinski definition) is 0. The van der Waals surface area contributed by atoms with Crippen LogP contribution in [0.2, 0.25) is 5.02 Å². The fraction of sp³-hybridized carbons (Fsp3) is 0.292. The van der Waals surface area contributed by atoms with Crippen molar-refractivity contribution in [2.75, 3.05) is 31.1 Å². The Morgan fingerprint density at radius 1 is 1.03 bits per heavy atom. The number of halogens is 1. The molecule has 1 aliphatic heterocycles. The van der Waals surface area contributed by atoms with Crippen molar-refractivity contribution in [1.82, 2.24) is 19.7 Å². The molecule has 1 aliphatic rings. The van der Waals surface area contributed by atoms with Gasteiger partial charge < -0.3 is 9.80 Å². The summed E-state index contributed by atoms with van der Waals surface area (Å²) in [5.74, 6) is 0.0903. The first-order valence-electron chi connectivity index (χ1n) is 10.6. The van der Waals surface area contributed by atoms with Crippen LogP contribution in [0.5, 0.6) is 0 Å². The van der Waals surface area contributed by atoms with E-state index in [4.69, 9.17) is 16.6 Å². The van der Waals surface area contributed by atoms with Gasteiger partial charge in [-0.2, -0.15) is 5.10 Å². The molecule has 4 aromatic rings. The van der Waals surface area contributed by atoms with E-state index in [2.05, 4.69) is 10.00 Å². The highest BCUT2D eigenvalue weighted by Crippen LogP contribution is 2.38. The van der Waals surface area contributed by atoms with Gasteiger partial charge in [0.2, 0.25) is 5.13 Å². The van der Waals surface area contributed by atoms with E-state index in [1.807, 2.05) is 72.8 Å². The third-order valence-corrected chi connectivity index (χ3v) is 7.22. The van der Waals surface area contributed by atoms with Crippen LogP contribution in [-0.4, -0.2) is 51.8 Å². The van der Waals surface area contributed by atoms with Crippen LogP contribution in [0, 0.1) is 20.8 Å². The van der Waals surface area contributed by atoms with E-state index in [1.165, 1.54) is 0 Å². The van der Waals surface area contributed by atoms with Crippen LogP contribution in [-0.2, 0) is 0 Å². The highest BCUT2D eigenvalue weighted by atomic mass is 35.5. The van der Waals surface area contributed by atoms with Gasteiger partial charge in [0.1, 0.15) is 5.52 Å². The Morgan fingerprint density at radius 2 is 1.78 bits per heavy atom. The topological polar surface area (TPSA) is 54.3 Å². The second-order valence-electron chi connectivity index (χ2n) is 8.17. The van der Waals surface area contributed by atoms with Crippen LogP contribution in [0.25, 0.3) is 15.3 Å². The molecule has 5 rings (SSSR count). The number of benzene rings is 2. The summed E-state index contributed by atoms with van der Waals surface area (Å²) in [4.78, 5) is 22.1. The van der Waals surface area contributed by atoms with Gasteiger partial charge in [-0.3, -0.25) is 4.79 Å². The van der Waals surface area contributed by atoms with Crippen molar-refractivity contribution < 1.29 is 4.79 Å². The predicted octanol–water partition coefficient (Wildman–Crippen LogP) is 5.02.